The molecule has 0 N–H and O–H groups in total. The van der Waals surface area contributed by atoms with Crippen LogP contribution in [0.1, 0.15) is 0 Å². The Morgan fingerprint density at radius 3 is 1.60 bits per heavy atom. The van der Waals surface area contributed by atoms with Gasteiger partial charge in [0.2, 0.25) is 0 Å². The molecule has 10 rings (SSSR count). The molecule has 3 heterocycles. The minimum atomic E-state index is 0.684. The number of rotatable bonds is 5. The van der Waals surface area contributed by atoms with Crippen LogP contribution in [0.4, 0.5) is 17.1 Å². The molecule has 4 heteroatoms. The number of anilines is 3. The summed E-state index contributed by atoms with van der Waals surface area (Å²) in [5.74, 6) is 0.684. The molecule has 244 valence electrons. The summed E-state index contributed by atoms with van der Waals surface area (Å²) >= 11 is 0. The highest BCUT2D eigenvalue weighted by Crippen LogP contribution is 2.54. The molecule has 0 bridgehead atoms. The highest BCUT2D eigenvalue weighted by molar-refractivity contribution is 6.13. The fourth-order valence-electron chi connectivity index (χ4n) is 7.64. The van der Waals surface area contributed by atoms with Crippen molar-refractivity contribution < 1.29 is 0 Å². The smallest absolute Gasteiger partial charge is 0.160 e. The van der Waals surface area contributed by atoms with E-state index >= 15 is 0 Å². The normalized spacial score (nSPS) is 11.8. The molecule has 2 aromatic heterocycles. The van der Waals surface area contributed by atoms with Crippen molar-refractivity contribution in [2.75, 3.05) is 4.90 Å². The Morgan fingerprint density at radius 1 is 0.385 bits per heavy atom. The first kappa shape index (κ1) is 29.8. The minimum Gasteiger partial charge on any atom is -0.309 e. The van der Waals surface area contributed by atoms with Crippen LogP contribution < -0.4 is 4.90 Å². The van der Waals surface area contributed by atoms with Gasteiger partial charge in [-0.15, -0.1) is 0 Å². The van der Waals surface area contributed by atoms with Crippen LogP contribution in [0.15, 0.2) is 194 Å². The Morgan fingerprint density at radius 2 is 0.904 bits per heavy atom. The fourth-order valence-corrected chi connectivity index (χ4v) is 7.64. The van der Waals surface area contributed by atoms with Gasteiger partial charge in [-0.05, 0) is 48.5 Å². The lowest BCUT2D eigenvalue weighted by Gasteiger charge is -2.28. The van der Waals surface area contributed by atoms with E-state index in [0.717, 1.165) is 56.4 Å². The maximum absolute atomic E-state index is 5.16. The number of hydrogen-bond donors (Lipinski definition) is 0. The lowest BCUT2D eigenvalue weighted by Crippen LogP contribution is -2.11. The van der Waals surface area contributed by atoms with Crippen molar-refractivity contribution in [2.24, 2.45) is 0 Å². The van der Waals surface area contributed by atoms with E-state index < -0.39 is 0 Å². The zero-order valence-electron chi connectivity index (χ0n) is 28.3. The molecule has 1 aliphatic rings. The van der Waals surface area contributed by atoms with Gasteiger partial charge in [-0.25, -0.2) is 9.97 Å². The van der Waals surface area contributed by atoms with Crippen LogP contribution in [0.5, 0.6) is 0 Å². The van der Waals surface area contributed by atoms with E-state index in [-0.39, 0.29) is 0 Å². The minimum absolute atomic E-state index is 0.684. The molecular formula is C48H32N4. The maximum Gasteiger partial charge on any atom is 0.160 e. The van der Waals surface area contributed by atoms with Crippen LogP contribution in [0, 0.1) is 0 Å². The highest BCUT2D eigenvalue weighted by atomic mass is 15.2. The molecular weight excluding hydrogens is 633 g/mol. The van der Waals surface area contributed by atoms with E-state index in [1.807, 2.05) is 12.1 Å². The highest BCUT2D eigenvalue weighted by Gasteiger charge is 2.31. The molecule has 1 aliphatic heterocycles. The van der Waals surface area contributed by atoms with Crippen molar-refractivity contribution in [1.82, 2.24) is 14.5 Å². The summed E-state index contributed by atoms with van der Waals surface area (Å²) in [7, 11) is 0. The van der Waals surface area contributed by atoms with E-state index in [1.54, 1.807) is 0 Å². The first-order valence-electron chi connectivity index (χ1n) is 17.6. The molecule has 7 aromatic carbocycles. The van der Waals surface area contributed by atoms with Crippen LogP contribution in [-0.4, -0.2) is 14.5 Å². The lowest BCUT2D eigenvalue weighted by atomic mass is 9.98. The topological polar surface area (TPSA) is 34.0 Å². The van der Waals surface area contributed by atoms with E-state index in [0.29, 0.717) is 5.82 Å². The SMILES string of the molecule is c1ccc(-c2cc(-c3ccccc3)nc(-c3cccc(N4c5ccccc5-c5c(n(-c6ccccc6)c6ccccc56)-c5ccccc54)c3)n2)cc1. The number of para-hydroxylation sites is 4. The van der Waals surface area contributed by atoms with Gasteiger partial charge in [0, 0.05) is 50.1 Å². The first-order valence-corrected chi connectivity index (χ1v) is 17.6. The molecule has 0 atom stereocenters. The summed E-state index contributed by atoms with van der Waals surface area (Å²) in [4.78, 5) is 12.7. The van der Waals surface area contributed by atoms with Gasteiger partial charge in [0.15, 0.2) is 5.82 Å². The second kappa shape index (κ2) is 12.4. The monoisotopic (exact) mass is 664 g/mol. The lowest BCUT2D eigenvalue weighted by molar-refractivity contribution is 1.13. The van der Waals surface area contributed by atoms with E-state index in [9.17, 15) is 0 Å². The zero-order valence-corrected chi connectivity index (χ0v) is 28.3. The van der Waals surface area contributed by atoms with Gasteiger partial charge in [-0.1, -0.05) is 146 Å². The summed E-state index contributed by atoms with van der Waals surface area (Å²) in [6.07, 6.45) is 0. The summed E-state index contributed by atoms with van der Waals surface area (Å²) < 4.78 is 2.42. The Labute approximate surface area is 302 Å². The van der Waals surface area contributed by atoms with Crippen molar-refractivity contribution in [3.05, 3.63) is 194 Å². The summed E-state index contributed by atoms with van der Waals surface area (Å²) in [5.41, 5.74) is 15.2. The molecule has 0 fully saturated rings. The van der Waals surface area contributed by atoms with E-state index in [4.69, 9.17) is 9.97 Å². The summed E-state index contributed by atoms with van der Waals surface area (Å²) in [6.45, 7) is 0. The first-order chi connectivity index (χ1) is 25.8. The van der Waals surface area contributed by atoms with Crippen molar-refractivity contribution >= 4 is 28.0 Å². The van der Waals surface area contributed by atoms with Gasteiger partial charge in [-0.3, -0.25) is 0 Å². The number of nitrogens with zero attached hydrogens (tertiary/aromatic N) is 4. The zero-order chi connectivity index (χ0) is 34.4. The molecule has 0 spiro atoms. The molecule has 52 heavy (non-hydrogen) atoms. The quantitative estimate of drug-likeness (QED) is 0.184. The average Bonchev–Trinajstić information content (AvgIpc) is 3.51. The van der Waals surface area contributed by atoms with Gasteiger partial charge in [0.25, 0.3) is 0 Å². The molecule has 0 saturated carbocycles. The van der Waals surface area contributed by atoms with Crippen LogP contribution in [0.2, 0.25) is 0 Å². The molecule has 0 amide bonds. The predicted molar refractivity (Wildman–Crippen MR) is 214 cm³/mol. The Balaban J connectivity index is 1.21. The van der Waals surface area contributed by atoms with Gasteiger partial charge >= 0.3 is 0 Å². The Bertz CT molecular complexity index is 2680. The second-order valence-electron chi connectivity index (χ2n) is 13.0. The van der Waals surface area contributed by atoms with Gasteiger partial charge in [0.05, 0.1) is 34.0 Å². The number of hydrogen-bond acceptors (Lipinski definition) is 3. The maximum atomic E-state index is 5.16. The molecule has 0 aliphatic carbocycles. The molecule has 9 aromatic rings. The summed E-state index contributed by atoms with van der Waals surface area (Å²) in [5, 5.41) is 1.22. The number of fused-ring (bicyclic) bond motifs is 7. The van der Waals surface area contributed by atoms with Crippen molar-refractivity contribution in [3.63, 3.8) is 0 Å². The molecule has 0 radical (unpaired) electrons. The van der Waals surface area contributed by atoms with Crippen molar-refractivity contribution in [2.45, 2.75) is 0 Å². The van der Waals surface area contributed by atoms with Crippen LogP contribution in [0.3, 0.4) is 0 Å². The largest absolute Gasteiger partial charge is 0.309 e. The van der Waals surface area contributed by atoms with Crippen LogP contribution >= 0.6 is 0 Å². The van der Waals surface area contributed by atoms with Crippen molar-refractivity contribution in [3.8, 4) is 62.0 Å². The second-order valence-corrected chi connectivity index (χ2v) is 13.0. The average molecular weight is 665 g/mol. The number of aromatic nitrogens is 3. The Hall–Kier alpha value is -7.04. The van der Waals surface area contributed by atoms with E-state index in [2.05, 4.69) is 191 Å². The third kappa shape index (κ3) is 4.92. The molecule has 4 nitrogen and oxygen atoms in total. The van der Waals surface area contributed by atoms with Crippen molar-refractivity contribution in [1.29, 1.82) is 0 Å². The van der Waals surface area contributed by atoms with Crippen LogP contribution in [0.25, 0.3) is 72.9 Å². The number of benzene rings is 7. The molecule has 0 saturated heterocycles. The predicted octanol–water partition coefficient (Wildman–Crippen LogP) is 12.5. The molecule has 0 unspecified atom stereocenters. The third-order valence-electron chi connectivity index (χ3n) is 9.93. The van der Waals surface area contributed by atoms with Gasteiger partial charge < -0.3 is 9.47 Å². The summed E-state index contributed by atoms with van der Waals surface area (Å²) in [6, 6.07) is 68.5. The standard InChI is InChI=1S/C48H32N4/c1-4-17-33(18-5-1)41-32-42(34-19-6-2-7-20-34)50-48(49-41)35-21-16-24-37(31-35)51-43-28-13-10-25-38(43)46-39-26-11-14-29-44(39)52(36-22-8-3-9-23-36)47(46)40-27-12-15-30-45(40)51/h1-32H. The fraction of sp³-hybridized carbons (Fsp3) is 0. The van der Waals surface area contributed by atoms with Crippen LogP contribution in [-0.2, 0) is 0 Å². The van der Waals surface area contributed by atoms with Gasteiger partial charge in [0.1, 0.15) is 0 Å². The third-order valence-corrected chi connectivity index (χ3v) is 9.93. The van der Waals surface area contributed by atoms with E-state index in [1.165, 1.54) is 27.7 Å². The van der Waals surface area contributed by atoms with Gasteiger partial charge in [-0.2, -0.15) is 0 Å². The Kier molecular flexibility index (Phi) is 7.10.